The Morgan fingerprint density at radius 3 is 2.63 bits per heavy atom. The fraction of sp³-hybridized carbons (Fsp3) is 0.379. The quantitative estimate of drug-likeness (QED) is 0.410. The van der Waals surface area contributed by atoms with E-state index in [2.05, 4.69) is 72.3 Å². The highest BCUT2D eigenvalue weighted by Gasteiger charge is 2.49. The molecule has 1 saturated carbocycles. The molecule has 2 aliphatic rings. The van der Waals surface area contributed by atoms with E-state index in [4.69, 9.17) is 10.7 Å². The summed E-state index contributed by atoms with van der Waals surface area (Å²) in [6.45, 7) is 8.73. The summed E-state index contributed by atoms with van der Waals surface area (Å²) in [5.41, 5.74) is 15.1. The van der Waals surface area contributed by atoms with Crippen LogP contribution in [0.2, 0.25) is 0 Å². The summed E-state index contributed by atoms with van der Waals surface area (Å²) >= 11 is 0. The van der Waals surface area contributed by atoms with Crippen molar-refractivity contribution in [1.29, 1.82) is 0 Å². The van der Waals surface area contributed by atoms with Gasteiger partial charge in [0, 0.05) is 40.5 Å². The lowest BCUT2D eigenvalue weighted by atomic mass is 9.55. The maximum atomic E-state index is 6.81. The topological polar surface area (TPSA) is 81.5 Å². The number of aryl methyl sites for hydroxylation is 1. The molecule has 1 aromatic carbocycles. The number of aromatic nitrogens is 4. The van der Waals surface area contributed by atoms with E-state index in [1.165, 1.54) is 17.6 Å². The Morgan fingerprint density at radius 1 is 1.14 bits per heavy atom. The molecule has 0 amide bonds. The fourth-order valence-corrected chi connectivity index (χ4v) is 5.92. The molecular weight excluding hydrogens is 432 g/mol. The van der Waals surface area contributed by atoms with E-state index in [-0.39, 0.29) is 11.6 Å². The summed E-state index contributed by atoms with van der Waals surface area (Å²) in [4.78, 5) is 14.3. The molecule has 1 aliphatic heterocycles. The number of hydrogen-bond donors (Lipinski definition) is 1. The number of nitrogens with two attached hydrogens (primary N) is 1. The Morgan fingerprint density at radius 2 is 1.91 bits per heavy atom. The molecule has 6 rings (SSSR count). The number of nitrogens with zero attached hydrogens (tertiary/aromatic N) is 5. The van der Waals surface area contributed by atoms with Gasteiger partial charge in [-0.1, -0.05) is 44.5 Å². The van der Waals surface area contributed by atoms with E-state index >= 15 is 0 Å². The number of dihydropyridines is 1. The number of fused-ring (bicyclic) bond motifs is 3. The lowest BCUT2D eigenvalue weighted by molar-refractivity contribution is 0.0391. The van der Waals surface area contributed by atoms with Gasteiger partial charge in [-0.2, -0.15) is 9.61 Å². The Hall–Kier alpha value is -3.38. The van der Waals surface area contributed by atoms with Gasteiger partial charge in [-0.3, -0.25) is 4.99 Å². The molecule has 178 valence electrons. The SMILES string of the molecule is CCC1(C)CC(N)(c2ccc(-c3nc4c(cnc5cc(C)nn54)cc3C3=CC=NC(C)C3)cc2)C1. The first kappa shape index (κ1) is 22.1. The highest BCUT2D eigenvalue weighted by molar-refractivity contribution is 5.94. The molecule has 1 aliphatic carbocycles. The smallest absolute Gasteiger partial charge is 0.165 e. The van der Waals surface area contributed by atoms with E-state index < -0.39 is 0 Å². The molecule has 0 bridgehead atoms. The Kier molecular flexibility index (Phi) is 4.94. The number of pyridine rings is 1. The third-order valence-electron chi connectivity index (χ3n) is 7.93. The minimum Gasteiger partial charge on any atom is -0.321 e. The molecule has 2 N–H and O–H groups in total. The molecule has 35 heavy (non-hydrogen) atoms. The van der Waals surface area contributed by atoms with Crippen LogP contribution in [0.1, 0.15) is 63.3 Å². The lowest BCUT2D eigenvalue weighted by Gasteiger charge is -2.53. The second-order valence-corrected chi connectivity index (χ2v) is 10.9. The van der Waals surface area contributed by atoms with Crippen LogP contribution in [0.15, 0.2) is 53.7 Å². The number of aliphatic imine (C=N–C) groups is 1. The van der Waals surface area contributed by atoms with Gasteiger partial charge in [0.15, 0.2) is 11.3 Å². The van der Waals surface area contributed by atoms with Crippen molar-refractivity contribution in [3.05, 3.63) is 65.5 Å². The van der Waals surface area contributed by atoms with Crippen LogP contribution in [-0.4, -0.2) is 31.8 Å². The van der Waals surface area contributed by atoms with Crippen molar-refractivity contribution in [2.75, 3.05) is 0 Å². The van der Waals surface area contributed by atoms with Crippen molar-refractivity contribution in [3.63, 3.8) is 0 Å². The second kappa shape index (κ2) is 7.82. The van der Waals surface area contributed by atoms with Crippen molar-refractivity contribution < 1.29 is 0 Å². The monoisotopic (exact) mass is 464 g/mol. The molecule has 1 unspecified atom stereocenters. The van der Waals surface area contributed by atoms with E-state index in [1.807, 2.05) is 29.9 Å². The molecule has 0 radical (unpaired) electrons. The van der Waals surface area contributed by atoms with Gasteiger partial charge in [-0.15, -0.1) is 0 Å². The Bertz CT molecular complexity index is 1500. The predicted octanol–water partition coefficient (Wildman–Crippen LogP) is 5.86. The number of allylic oxidation sites excluding steroid dienone is 1. The summed E-state index contributed by atoms with van der Waals surface area (Å²) in [7, 11) is 0. The van der Waals surface area contributed by atoms with Gasteiger partial charge in [-0.05, 0) is 61.8 Å². The molecule has 1 atom stereocenters. The minimum absolute atomic E-state index is 0.231. The van der Waals surface area contributed by atoms with Crippen LogP contribution in [-0.2, 0) is 5.54 Å². The summed E-state index contributed by atoms with van der Waals surface area (Å²) < 4.78 is 1.85. The molecule has 3 aromatic heterocycles. The summed E-state index contributed by atoms with van der Waals surface area (Å²) in [5.74, 6) is 0. The third kappa shape index (κ3) is 3.67. The van der Waals surface area contributed by atoms with Gasteiger partial charge in [0.05, 0.1) is 17.4 Å². The zero-order valence-electron chi connectivity index (χ0n) is 20.9. The first-order chi connectivity index (χ1) is 16.8. The Labute approximate surface area is 206 Å². The molecule has 6 nitrogen and oxygen atoms in total. The van der Waals surface area contributed by atoms with Gasteiger partial charge in [-0.25, -0.2) is 9.97 Å². The van der Waals surface area contributed by atoms with Crippen molar-refractivity contribution >= 4 is 28.5 Å². The summed E-state index contributed by atoms with van der Waals surface area (Å²) in [6.07, 6.45) is 10.0. The first-order valence-electron chi connectivity index (χ1n) is 12.6. The van der Waals surface area contributed by atoms with Crippen molar-refractivity contribution in [2.24, 2.45) is 16.1 Å². The highest BCUT2D eigenvalue weighted by Crippen LogP contribution is 2.54. The van der Waals surface area contributed by atoms with Crippen molar-refractivity contribution in [3.8, 4) is 11.3 Å². The van der Waals surface area contributed by atoms with Gasteiger partial charge < -0.3 is 5.73 Å². The molecule has 4 heterocycles. The van der Waals surface area contributed by atoms with Crippen molar-refractivity contribution in [2.45, 2.75) is 65.0 Å². The number of benzene rings is 1. The molecular formula is C29H32N6. The minimum atomic E-state index is -0.231. The standard InChI is InChI=1S/C29H32N6/c1-5-28(4)16-29(30,17-28)23-8-6-20(7-9-23)26-24(21-10-11-31-18(2)12-21)14-22-15-32-25-13-19(3)34-35(25)27(22)33-26/h6-11,13-15,18H,5,12,16-17,30H2,1-4H3. The van der Waals surface area contributed by atoms with Crippen LogP contribution >= 0.6 is 0 Å². The van der Waals surface area contributed by atoms with Crippen molar-refractivity contribution in [1.82, 2.24) is 19.6 Å². The normalized spacial score (nSPS) is 26.2. The van der Waals surface area contributed by atoms with Gasteiger partial charge >= 0.3 is 0 Å². The molecule has 0 saturated heterocycles. The zero-order chi connectivity index (χ0) is 24.4. The predicted molar refractivity (Wildman–Crippen MR) is 143 cm³/mol. The summed E-state index contributed by atoms with van der Waals surface area (Å²) in [6, 6.07) is 13.2. The lowest BCUT2D eigenvalue weighted by Crippen LogP contribution is -2.54. The maximum absolute atomic E-state index is 6.81. The van der Waals surface area contributed by atoms with Gasteiger partial charge in [0.1, 0.15) is 0 Å². The van der Waals surface area contributed by atoms with Gasteiger partial charge in [0.25, 0.3) is 0 Å². The largest absolute Gasteiger partial charge is 0.321 e. The van der Waals surface area contributed by atoms with Crippen LogP contribution < -0.4 is 5.73 Å². The first-order valence-corrected chi connectivity index (χ1v) is 12.6. The van der Waals surface area contributed by atoms with E-state index in [0.29, 0.717) is 5.41 Å². The molecule has 1 fully saturated rings. The average molecular weight is 465 g/mol. The fourth-order valence-electron chi connectivity index (χ4n) is 5.92. The van der Waals surface area contributed by atoms with Gasteiger partial charge in [0.2, 0.25) is 0 Å². The third-order valence-corrected chi connectivity index (χ3v) is 7.93. The molecule has 6 heteroatoms. The summed E-state index contributed by atoms with van der Waals surface area (Å²) in [5, 5.41) is 5.63. The zero-order valence-corrected chi connectivity index (χ0v) is 20.9. The maximum Gasteiger partial charge on any atom is 0.165 e. The van der Waals surface area contributed by atoms with E-state index in [9.17, 15) is 0 Å². The number of rotatable bonds is 4. The van der Waals surface area contributed by atoms with Crippen LogP contribution in [0.3, 0.4) is 0 Å². The van der Waals surface area contributed by atoms with E-state index in [0.717, 1.165) is 58.5 Å². The van der Waals surface area contributed by atoms with Crippen LogP contribution in [0.5, 0.6) is 0 Å². The van der Waals surface area contributed by atoms with Crippen LogP contribution in [0, 0.1) is 12.3 Å². The van der Waals surface area contributed by atoms with E-state index in [1.54, 1.807) is 0 Å². The number of hydrogen-bond acceptors (Lipinski definition) is 5. The Balaban J connectivity index is 1.49. The highest BCUT2D eigenvalue weighted by atomic mass is 15.3. The average Bonchev–Trinajstić information content (AvgIpc) is 3.23. The molecule has 0 spiro atoms. The molecule has 4 aromatic rings. The van der Waals surface area contributed by atoms with Crippen LogP contribution in [0.25, 0.3) is 33.5 Å². The van der Waals surface area contributed by atoms with Crippen LogP contribution in [0.4, 0.5) is 0 Å². The second-order valence-electron chi connectivity index (χ2n) is 10.9.